The van der Waals surface area contributed by atoms with Crippen LogP contribution in [0.2, 0.25) is 0 Å². The lowest BCUT2D eigenvalue weighted by molar-refractivity contribution is -0.143. The van der Waals surface area contributed by atoms with Gasteiger partial charge in [0.15, 0.2) is 0 Å². The molecule has 1 saturated heterocycles. The van der Waals surface area contributed by atoms with Crippen molar-refractivity contribution in [2.24, 2.45) is 23.7 Å². The first-order valence-electron chi connectivity index (χ1n) is 9.76. The summed E-state index contributed by atoms with van der Waals surface area (Å²) in [4.78, 5) is 38.9. The van der Waals surface area contributed by atoms with Gasteiger partial charge in [-0.1, -0.05) is 30.4 Å². The van der Waals surface area contributed by atoms with E-state index in [9.17, 15) is 14.4 Å². The summed E-state index contributed by atoms with van der Waals surface area (Å²) in [5.74, 6) is 0.304. The summed E-state index contributed by atoms with van der Waals surface area (Å²) in [6.45, 7) is -0.244. The molecule has 5 rings (SSSR count). The molecule has 3 amide bonds. The number of nitrogens with zero attached hydrogens (tertiary/aromatic N) is 1. The van der Waals surface area contributed by atoms with Crippen LogP contribution < -0.4 is 10.1 Å². The lowest BCUT2D eigenvalue weighted by Gasteiger charge is -2.17. The molecule has 6 heteroatoms. The highest BCUT2D eigenvalue weighted by atomic mass is 16.5. The summed E-state index contributed by atoms with van der Waals surface area (Å²) in [6.07, 6.45) is 4.96. The van der Waals surface area contributed by atoms with E-state index in [1.54, 1.807) is 24.3 Å². The van der Waals surface area contributed by atoms with Gasteiger partial charge in [-0.05, 0) is 54.7 Å². The van der Waals surface area contributed by atoms with Gasteiger partial charge in [0.05, 0.1) is 11.8 Å². The fourth-order valence-electron chi connectivity index (χ4n) is 4.69. The zero-order valence-corrected chi connectivity index (χ0v) is 15.7. The quantitative estimate of drug-likeness (QED) is 0.630. The highest BCUT2D eigenvalue weighted by Gasteiger charge is 2.59. The summed E-state index contributed by atoms with van der Waals surface area (Å²) in [6, 6.07) is 16.4. The van der Waals surface area contributed by atoms with E-state index >= 15 is 0 Å². The molecule has 2 aliphatic carbocycles. The molecule has 4 atom stereocenters. The number of carbonyl (C=O) groups is 3. The Labute approximate surface area is 168 Å². The SMILES string of the molecule is O=C(CN1C(=O)[C@@H]2[C@H](C1=O)[C@H]1C=C[C@H]2C1)Nc1ccc(Oc2ccccc2)cc1. The van der Waals surface area contributed by atoms with E-state index < -0.39 is 0 Å². The molecule has 0 spiro atoms. The van der Waals surface area contributed by atoms with Gasteiger partial charge in [-0.25, -0.2) is 0 Å². The number of carbonyl (C=O) groups excluding carboxylic acids is 3. The summed E-state index contributed by atoms with van der Waals surface area (Å²) in [5, 5.41) is 2.75. The predicted octanol–water partition coefficient (Wildman–Crippen LogP) is 3.22. The topological polar surface area (TPSA) is 75.7 Å². The number of ether oxygens (including phenoxy) is 1. The number of para-hydroxylation sites is 1. The highest BCUT2D eigenvalue weighted by molar-refractivity contribution is 6.09. The molecule has 1 N–H and O–H groups in total. The molecule has 29 heavy (non-hydrogen) atoms. The Hall–Kier alpha value is -3.41. The van der Waals surface area contributed by atoms with Gasteiger partial charge in [0.1, 0.15) is 18.0 Å². The molecule has 0 unspecified atom stereocenters. The zero-order valence-electron chi connectivity index (χ0n) is 15.7. The molecule has 2 aromatic rings. The lowest BCUT2D eigenvalue weighted by Crippen LogP contribution is -2.39. The Morgan fingerprint density at radius 2 is 1.48 bits per heavy atom. The molecule has 3 aliphatic rings. The number of allylic oxidation sites excluding steroid dienone is 2. The van der Waals surface area contributed by atoms with Crippen molar-refractivity contribution < 1.29 is 19.1 Å². The van der Waals surface area contributed by atoms with Crippen molar-refractivity contribution in [3.05, 3.63) is 66.7 Å². The minimum absolute atomic E-state index is 0.145. The molecule has 2 aromatic carbocycles. The van der Waals surface area contributed by atoms with Crippen LogP contribution in [-0.2, 0) is 14.4 Å². The van der Waals surface area contributed by atoms with Crippen molar-refractivity contribution in [2.45, 2.75) is 6.42 Å². The second kappa shape index (κ2) is 6.88. The third-order valence-corrected chi connectivity index (χ3v) is 5.98. The van der Waals surface area contributed by atoms with E-state index in [1.165, 1.54) is 0 Å². The molecule has 1 saturated carbocycles. The van der Waals surface area contributed by atoms with Gasteiger partial charge in [-0.2, -0.15) is 0 Å². The fourth-order valence-corrected chi connectivity index (χ4v) is 4.69. The molecule has 146 valence electrons. The second-order valence-electron chi connectivity index (χ2n) is 7.75. The number of nitrogens with one attached hydrogen (secondary N) is 1. The van der Waals surface area contributed by atoms with Crippen molar-refractivity contribution >= 4 is 23.4 Å². The second-order valence-corrected chi connectivity index (χ2v) is 7.75. The molecule has 2 fully saturated rings. The van der Waals surface area contributed by atoms with E-state index in [0.717, 1.165) is 17.1 Å². The van der Waals surface area contributed by atoms with E-state index in [1.807, 2.05) is 42.5 Å². The smallest absolute Gasteiger partial charge is 0.244 e. The molecule has 2 bridgehead atoms. The number of hydrogen-bond donors (Lipinski definition) is 1. The van der Waals surface area contributed by atoms with Gasteiger partial charge >= 0.3 is 0 Å². The van der Waals surface area contributed by atoms with Gasteiger partial charge in [0.2, 0.25) is 17.7 Å². The molecular weight excluding hydrogens is 368 g/mol. The average Bonchev–Trinajstić information content (AvgIpc) is 3.40. The number of anilines is 1. The summed E-state index contributed by atoms with van der Waals surface area (Å²) >= 11 is 0. The zero-order chi connectivity index (χ0) is 20.0. The first kappa shape index (κ1) is 17.7. The Morgan fingerprint density at radius 3 is 2.10 bits per heavy atom. The lowest BCUT2D eigenvalue weighted by atomic mass is 9.85. The third-order valence-electron chi connectivity index (χ3n) is 5.98. The first-order valence-corrected chi connectivity index (χ1v) is 9.76. The van der Waals surface area contributed by atoms with Gasteiger partial charge in [0, 0.05) is 5.69 Å². The Balaban J connectivity index is 1.20. The molecule has 1 aliphatic heterocycles. The number of fused-ring (bicyclic) bond motifs is 5. The van der Waals surface area contributed by atoms with Gasteiger partial charge in [0.25, 0.3) is 0 Å². The molecular formula is C23H20N2O4. The Morgan fingerprint density at radius 1 is 0.897 bits per heavy atom. The van der Waals surface area contributed by atoms with Crippen molar-refractivity contribution in [2.75, 3.05) is 11.9 Å². The largest absolute Gasteiger partial charge is 0.457 e. The van der Waals surface area contributed by atoms with Crippen LogP contribution in [-0.4, -0.2) is 29.2 Å². The number of hydrogen-bond acceptors (Lipinski definition) is 4. The van der Waals surface area contributed by atoms with E-state index in [0.29, 0.717) is 11.4 Å². The van der Waals surface area contributed by atoms with Crippen LogP contribution in [0.15, 0.2) is 66.7 Å². The maximum atomic E-state index is 12.7. The number of likely N-dealkylation sites (tertiary alicyclic amines) is 1. The minimum Gasteiger partial charge on any atom is -0.457 e. The van der Waals surface area contributed by atoms with Gasteiger partial charge in [-0.15, -0.1) is 0 Å². The normalized spacial score (nSPS) is 26.7. The summed E-state index contributed by atoms with van der Waals surface area (Å²) in [5.41, 5.74) is 0.580. The van der Waals surface area contributed by atoms with Crippen LogP contribution in [0, 0.1) is 23.7 Å². The summed E-state index contributed by atoms with van der Waals surface area (Å²) < 4.78 is 5.73. The Kier molecular flexibility index (Phi) is 4.19. The van der Waals surface area contributed by atoms with Crippen LogP contribution in [0.4, 0.5) is 5.69 Å². The number of rotatable bonds is 5. The average molecular weight is 388 g/mol. The maximum Gasteiger partial charge on any atom is 0.244 e. The molecule has 0 radical (unpaired) electrons. The van der Waals surface area contributed by atoms with E-state index in [2.05, 4.69) is 5.32 Å². The van der Waals surface area contributed by atoms with Gasteiger partial charge in [-0.3, -0.25) is 19.3 Å². The highest BCUT2D eigenvalue weighted by Crippen LogP contribution is 2.52. The number of imide groups is 1. The monoisotopic (exact) mass is 388 g/mol. The third kappa shape index (κ3) is 3.10. The number of benzene rings is 2. The van der Waals surface area contributed by atoms with Crippen molar-refractivity contribution in [1.29, 1.82) is 0 Å². The van der Waals surface area contributed by atoms with Crippen LogP contribution in [0.5, 0.6) is 11.5 Å². The van der Waals surface area contributed by atoms with Crippen molar-refractivity contribution in [3.8, 4) is 11.5 Å². The van der Waals surface area contributed by atoms with Crippen LogP contribution in [0.3, 0.4) is 0 Å². The molecule has 0 aromatic heterocycles. The first-order chi connectivity index (χ1) is 14.1. The van der Waals surface area contributed by atoms with Crippen LogP contribution in [0.25, 0.3) is 0 Å². The van der Waals surface area contributed by atoms with Crippen LogP contribution >= 0.6 is 0 Å². The fraction of sp³-hybridized carbons (Fsp3) is 0.261. The van der Waals surface area contributed by atoms with Crippen molar-refractivity contribution in [3.63, 3.8) is 0 Å². The minimum atomic E-state index is -0.385. The molecule has 1 heterocycles. The molecule has 6 nitrogen and oxygen atoms in total. The van der Waals surface area contributed by atoms with E-state index in [4.69, 9.17) is 4.74 Å². The van der Waals surface area contributed by atoms with E-state index in [-0.39, 0.29) is 47.9 Å². The summed E-state index contributed by atoms with van der Waals surface area (Å²) in [7, 11) is 0. The van der Waals surface area contributed by atoms with Crippen LogP contribution in [0.1, 0.15) is 6.42 Å². The van der Waals surface area contributed by atoms with Gasteiger partial charge < -0.3 is 10.1 Å². The predicted molar refractivity (Wildman–Crippen MR) is 106 cm³/mol. The Bertz CT molecular complexity index is 969. The number of amides is 3. The maximum absolute atomic E-state index is 12.7. The van der Waals surface area contributed by atoms with Crippen molar-refractivity contribution in [1.82, 2.24) is 4.90 Å². The standard InChI is InChI=1S/C23H20N2O4/c26-19(13-25-22(27)20-14-6-7-15(12-14)21(20)23(25)28)24-16-8-10-18(11-9-16)29-17-4-2-1-3-5-17/h1-11,14-15,20-21H,12-13H2,(H,24,26)/t14-,15-,20-,21+/m0/s1.